The van der Waals surface area contributed by atoms with Crippen LogP contribution in [0.3, 0.4) is 0 Å². The van der Waals surface area contributed by atoms with E-state index in [1.54, 1.807) is 23.1 Å². The zero-order valence-electron chi connectivity index (χ0n) is 11.5. The summed E-state index contributed by atoms with van der Waals surface area (Å²) in [7, 11) is 1.46. The molecule has 5 heteroatoms. The fraction of sp³-hybridized carbons (Fsp3) is 0.500. The molecule has 1 N–H and O–H groups in total. The molecular weight excluding hydrogens is 246 g/mol. The maximum atomic E-state index is 12.6. The number of ether oxygens (including phenoxy) is 2. The smallest absolute Gasteiger partial charge is 0.258 e. The second-order valence-electron chi connectivity index (χ2n) is 5.18. The number of amides is 1. The Labute approximate surface area is 112 Å². The Hall–Kier alpha value is -1.75. The van der Waals surface area contributed by atoms with Crippen molar-refractivity contribution in [3.8, 4) is 11.5 Å². The molecule has 1 fully saturated rings. The van der Waals surface area contributed by atoms with Crippen LogP contribution < -0.4 is 4.74 Å². The monoisotopic (exact) mass is 265 g/mol. The molecule has 0 aromatic heterocycles. The van der Waals surface area contributed by atoms with E-state index < -0.39 is 0 Å². The third-order valence-electron chi connectivity index (χ3n) is 3.34. The van der Waals surface area contributed by atoms with E-state index in [0.717, 1.165) is 0 Å². The Balaban J connectivity index is 2.34. The van der Waals surface area contributed by atoms with Crippen molar-refractivity contribution in [3.05, 3.63) is 23.8 Å². The molecule has 1 heterocycles. The van der Waals surface area contributed by atoms with Gasteiger partial charge in [-0.15, -0.1) is 0 Å². The van der Waals surface area contributed by atoms with Crippen LogP contribution in [0.2, 0.25) is 0 Å². The van der Waals surface area contributed by atoms with Crippen LogP contribution in [0, 0.1) is 0 Å². The quantitative estimate of drug-likeness (QED) is 0.883. The summed E-state index contributed by atoms with van der Waals surface area (Å²) < 4.78 is 10.4. The molecule has 0 unspecified atom stereocenters. The number of carbonyl (C=O) groups excluding carboxylic acids is 1. The SMILES string of the molecule is COc1cccc(C(=O)N2CCOCC2(C)C)c1O. The van der Waals surface area contributed by atoms with Crippen LogP contribution in [-0.4, -0.2) is 48.3 Å². The van der Waals surface area contributed by atoms with E-state index in [4.69, 9.17) is 9.47 Å². The number of phenols is 1. The van der Waals surface area contributed by atoms with Gasteiger partial charge in [-0.25, -0.2) is 0 Å². The van der Waals surface area contributed by atoms with Crippen LogP contribution in [0.4, 0.5) is 0 Å². The Morgan fingerprint density at radius 1 is 1.47 bits per heavy atom. The zero-order valence-corrected chi connectivity index (χ0v) is 11.5. The largest absolute Gasteiger partial charge is 0.504 e. The Kier molecular flexibility index (Phi) is 3.66. The lowest BCUT2D eigenvalue weighted by Crippen LogP contribution is -2.55. The molecular formula is C14H19NO4. The summed E-state index contributed by atoms with van der Waals surface area (Å²) in [6.45, 7) is 5.41. The van der Waals surface area contributed by atoms with Gasteiger partial charge in [-0.1, -0.05) is 6.07 Å². The van der Waals surface area contributed by atoms with E-state index in [2.05, 4.69) is 0 Å². The minimum absolute atomic E-state index is 0.114. The van der Waals surface area contributed by atoms with Gasteiger partial charge in [0, 0.05) is 6.54 Å². The molecule has 0 spiro atoms. The minimum Gasteiger partial charge on any atom is -0.504 e. The number of hydrogen-bond acceptors (Lipinski definition) is 4. The van der Waals surface area contributed by atoms with Gasteiger partial charge in [-0.2, -0.15) is 0 Å². The van der Waals surface area contributed by atoms with Crippen molar-refractivity contribution in [1.29, 1.82) is 0 Å². The number of aromatic hydroxyl groups is 1. The van der Waals surface area contributed by atoms with E-state index in [1.807, 2.05) is 13.8 Å². The maximum Gasteiger partial charge on any atom is 0.258 e. The van der Waals surface area contributed by atoms with Gasteiger partial charge >= 0.3 is 0 Å². The molecule has 1 saturated heterocycles. The minimum atomic E-state index is -0.384. The van der Waals surface area contributed by atoms with E-state index in [9.17, 15) is 9.90 Å². The highest BCUT2D eigenvalue weighted by atomic mass is 16.5. The van der Waals surface area contributed by atoms with E-state index in [0.29, 0.717) is 25.5 Å². The Morgan fingerprint density at radius 2 is 2.21 bits per heavy atom. The molecule has 0 radical (unpaired) electrons. The summed E-state index contributed by atoms with van der Waals surface area (Å²) in [6.07, 6.45) is 0. The summed E-state index contributed by atoms with van der Waals surface area (Å²) in [5, 5.41) is 10.1. The summed E-state index contributed by atoms with van der Waals surface area (Å²) in [6, 6.07) is 4.92. The molecule has 1 aromatic carbocycles. The Bertz CT molecular complexity index is 484. The van der Waals surface area contributed by atoms with Gasteiger partial charge in [0.25, 0.3) is 5.91 Å². The highest BCUT2D eigenvalue weighted by Crippen LogP contribution is 2.32. The lowest BCUT2D eigenvalue weighted by atomic mass is 10.0. The lowest BCUT2D eigenvalue weighted by Gasteiger charge is -2.42. The number of para-hydroxylation sites is 1. The maximum absolute atomic E-state index is 12.6. The van der Waals surface area contributed by atoms with Crippen molar-refractivity contribution in [2.24, 2.45) is 0 Å². The molecule has 1 aliphatic heterocycles. The molecule has 2 rings (SSSR count). The molecule has 0 aliphatic carbocycles. The van der Waals surface area contributed by atoms with Gasteiger partial charge in [0.1, 0.15) is 0 Å². The first-order valence-corrected chi connectivity index (χ1v) is 6.23. The number of rotatable bonds is 2. The van der Waals surface area contributed by atoms with Crippen LogP contribution >= 0.6 is 0 Å². The highest BCUT2D eigenvalue weighted by Gasteiger charge is 2.35. The van der Waals surface area contributed by atoms with Gasteiger partial charge in [0.15, 0.2) is 11.5 Å². The van der Waals surface area contributed by atoms with Crippen LogP contribution in [0.1, 0.15) is 24.2 Å². The van der Waals surface area contributed by atoms with Crippen molar-refractivity contribution in [2.45, 2.75) is 19.4 Å². The van der Waals surface area contributed by atoms with Crippen LogP contribution in [0.25, 0.3) is 0 Å². The van der Waals surface area contributed by atoms with Crippen molar-refractivity contribution in [1.82, 2.24) is 4.90 Å². The van der Waals surface area contributed by atoms with Crippen molar-refractivity contribution in [3.63, 3.8) is 0 Å². The van der Waals surface area contributed by atoms with Gasteiger partial charge in [0.2, 0.25) is 0 Å². The number of morpholine rings is 1. The second kappa shape index (κ2) is 5.09. The molecule has 5 nitrogen and oxygen atoms in total. The summed E-state index contributed by atoms with van der Waals surface area (Å²) in [5.41, 5.74) is -0.125. The summed E-state index contributed by atoms with van der Waals surface area (Å²) >= 11 is 0. The van der Waals surface area contributed by atoms with E-state index in [-0.39, 0.29) is 22.8 Å². The first-order chi connectivity index (χ1) is 8.97. The molecule has 1 amide bonds. The fourth-order valence-electron chi connectivity index (χ4n) is 2.24. The first-order valence-electron chi connectivity index (χ1n) is 6.23. The Morgan fingerprint density at radius 3 is 2.84 bits per heavy atom. The van der Waals surface area contributed by atoms with Crippen LogP contribution in [-0.2, 0) is 4.74 Å². The average Bonchev–Trinajstić information content (AvgIpc) is 2.38. The third-order valence-corrected chi connectivity index (χ3v) is 3.34. The fourth-order valence-corrected chi connectivity index (χ4v) is 2.24. The summed E-state index contributed by atoms with van der Waals surface area (Å²) in [5.74, 6) is -0.0149. The number of nitrogens with zero attached hydrogens (tertiary/aromatic N) is 1. The zero-order chi connectivity index (χ0) is 14.0. The predicted octanol–water partition coefficient (Wildman–Crippen LogP) is 1.65. The van der Waals surface area contributed by atoms with Crippen molar-refractivity contribution in [2.75, 3.05) is 26.9 Å². The average molecular weight is 265 g/mol. The molecule has 104 valence electrons. The number of hydrogen-bond donors (Lipinski definition) is 1. The lowest BCUT2D eigenvalue weighted by molar-refractivity contribution is -0.0371. The third kappa shape index (κ3) is 2.51. The van der Waals surface area contributed by atoms with Gasteiger partial charge in [0.05, 0.1) is 31.4 Å². The molecule has 0 atom stereocenters. The van der Waals surface area contributed by atoms with Gasteiger partial charge < -0.3 is 19.5 Å². The van der Waals surface area contributed by atoms with E-state index in [1.165, 1.54) is 7.11 Å². The normalized spacial score (nSPS) is 18.2. The first kappa shape index (κ1) is 13.7. The summed E-state index contributed by atoms with van der Waals surface area (Å²) in [4.78, 5) is 14.3. The molecule has 0 bridgehead atoms. The van der Waals surface area contributed by atoms with Crippen molar-refractivity contribution < 1.29 is 19.4 Å². The number of methoxy groups -OCH3 is 1. The van der Waals surface area contributed by atoms with Gasteiger partial charge in [-0.05, 0) is 26.0 Å². The molecule has 19 heavy (non-hydrogen) atoms. The molecule has 1 aromatic rings. The highest BCUT2D eigenvalue weighted by molar-refractivity contribution is 5.98. The van der Waals surface area contributed by atoms with Crippen LogP contribution in [0.15, 0.2) is 18.2 Å². The number of carbonyl (C=O) groups is 1. The predicted molar refractivity (Wildman–Crippen MR) is 70.6 cm³/mol. The number of benzene rings is 1. The molecule has 0 saturated carbocycles. The number of phenolic OH excluding ortho intramolecular Hbond substituents is 1. The molecule has 1 aliphatic rings. The standard InChI is InChI=1S/C14H19NO4/c1-14(2)9-19-8-7-15(14)13(17)10-5-4-6-11(18-3)12(10)16/h4-6,16H,7-9H2,1-3H3. The topological polar surface area (TPSA) is 59.0 Å². The second-order valence-corrected chi connectivity index (χ2v) is 5.18. The van der Waals surface area contributed by atoms with Crippen LogP contribution in [0.5, 0.6) is 11.5 Å². The van der Waals surface area contributed by atoms with E-state index >= 15 is 0 Å². The van der Waals surface area contributed by atoms with Crippen molar-refractivity contribution >= 4 is 5.91 Å². The van der Waals surface area contributed by atoms with Gasteiger partial charge in [-0.3, -0.25) is 4.79 Å².